The number of piperidine rings is 1. The van der Waals surface area contributed by atoms with Crippen LogP contribution in [0.15, 0.2) is 53.9 Å². The van der Waals surface area contributed by atoms with E-state index in [4.69, 9.17) is 38.4 Å². The molecule has 4 rings (SSSR count). The van der Waals surface area contributed by atoms with E-state index in [1.54, 1.807) is 37.6 Å². The molecule has 1 aliphatic heterocycles. The number of ether oxygens (including phenoxy) is 2. The van der Waals surface area contributed by atoms with Gasteiger partial charge in [0.05, 0.1) is 36.6 Å². The van der Waals surface area contributed by atoms with Gasteiger partial charge in [0.25, 0.3) is 0 Å². The molecule has 1 unspecified atom stereocenters. The van der Waals surface area contributed by atoms with Crippen molar-refractivity contribution in [2.75, 3.05) is 46.2 Å². The number of rotatable bonds is 12. The van der Waals surface area contributed by atoms with Crippen LogP contribution in [0.25, 0.3) is 11.1 Å². The van der Waals surface area contributed by atoms with Crippen LogP contribution in [0.2, 0.25) is 10.0 Å². The van der Waals surface area contributed by atoms with Crippen LogP contribution in [0, 0.1) is 5.92 Å². The summed E-state index contributed by atoms with van der Waals surface area (Å²) >= 11 is 13.8. The van der Waals surface area contributed by atoms with E-state index >= 15 is 0 Å². The lowest BCUT2D eigenvalue weighted by Gasteiger charge is -2.35. The Hall–Kier alpha value is -3.05. The van der Waals surface area contributed by atoms with Gasteiger partial charge in [-0.2, -0.15) is 0 Å². The Bertz CT molecular complexity index is 1360. The number of halogens is 2. The highest BCUT2D eigenvalue weighted by atomic mass is 35.5. The molecule has 41 heavy (non-hydrogen) atoms. The number of nitrogens with zero attached hydrogens (tertiary/aromatic N) is 4. The van der Waals surface area contributed by atoms with Crippen molar-refractivity contribution in [3.63, 3.8) is 0 Å². The number of aromatic nitrogens is 2. The topological polar surface area (TPSA) is 111 Å². The van der Waals surface area contributed by atoms with Crippen molar-refractivity contribution >= 4 is 46.8 Å². The van der Waals surface area contributed by atoms with Crippen LogP contribution < -0.4 is 15.2 Å². The maximum Gasteiger partial charge on any atom is 0.237 e. The third kappa shape index (κ3) is 8.48. The number of benzene rings is 2. The van der Waals surface area contributed by atoms with Gasteiger partial charge in [-0.15, -0.1) is 0 Å². The highest BCUT2D eigenvalue weighted by Gasteiger charge is 2.26. The van der Waals surface area contributed by atoms with Gasteiger partial charge in [0.15, 0.2) is 16.7 Å². The second-order valence-electron chi connectivity index (χ2n) is 9.81. The van der Waals surface area contributed by atoms with Crippen LogP contribution in [0.4, 0.5) is 0 Å². The number of thioether (sulfide) groups is 1. The van der Waals surface area contributed by atoms with E-state index in [2.05, 4.69) is 14.9 Å². The van der Waals surface area contributed by atoms with E-state index < -0.39 is 5.91 Å². The largest absolute Gasteiger partial charge is 0.493 e. The van der Waals surface area contributed by atoms with Crippen molar-refractivity contribution in [1.29, 1.82) is 0 Å². The summed E-state index contributed by atoms with van der Waals surface area (Å²) in [6, 6.07) is 11.2. The minimum atomic E-state index is -0.544. The number of primary amides is 1. The number of hydrogen-bond donors (Lipinski definition) is 1. The molecule has 0 bridgehead atoms. The Morgan fingerprint density at radius 2 is 1.85 bits per heavy atom. The first-order valence-corrected chi connectivity index (χ1v) is 14.9. The van der Waals surface area contributed by atoms with E-state index in [1.807, 2.05) is 30.3 Å². The molecule has 218 valence electrons. The Morgan fingerprint density at radius 1 is 1.10 bits per heavy atom. The van der Waals surface area contributed by atoms with Crippen LogP contribution in [0.5, 0.6) is 11.5 Å². The minimum absolute atomic E-state index is 0.0948. The first-order valence-electron chi connectivity index (χ1n) is 13.2. The second-order valence-corrected chi connectivity index (χ2v) is 11.5. The van der Waals surface area contributed by atoms with Crippen LogP contribution >= 0.6 is 35.0 Å². The average Bonchev–Trinajstić information content (AvgIpc) is 2.98. The Morgan fingerprint density at radius 3 is 2.56 bits per heavy atom. The van der Waals surface area contributed by atoms with E-state index in [1.165, 1.54) is 11.8 Å². The molecule has 2 aromatic carbocycles. The van der Waals surface area contributed by atoms with E-state index in [-0.39, 0.29) is 24.1 Å². The third-order valence-corrected chi connectivity index (χ3v) is 8.59. The molecule has 1 saturated heterocycles. The molecular formula is C29H33Cl2N5O4S. The number of nitrogens with two attached hydrogens (primary N) is 1. The molecule has 1 aromatic heterocycles. The fourth-order valence-corrected chi connectivity index (χ4v) is 5.95. The molecule has 0 radical (unpaired) electrons. The summed E-state index contributed by atoms with van der Waals surface area (Å²) < 4.78 is 10.7. The molecule has 1 fully saturated rings. The highest BCUT2D eigenvalue weighted by molar-refractivity contribution is 7.99. The number of hydrogen-bond acceptors (Lipinski definition) is 8. The lowest BCUT2D eigenvalue weighted by molar-refractivity contribution is -0.133. The van der Waals surface area contributed by atoms with Crippen molar-refractivity contribution in [1.82, 2.24) is 19.8 Å². The smallest absolute Gasteiger partial charge is 0.237 e. The van der Waals surface area contributed by atoms with Gasteiger partial charge in [0, 0.05) is 37.6 Å². The minimum Gasteiger partial charge on any atom is -0.493 e. The zero-order valence-electron chi connectivity index (χ0n) is 23.0. The fraction of sp³-hybridized carbons (Fsp3) is 0.379. The van der Waals surface area contributed by atoms with Crippen molar-refractivity contribution in [3.05, 3.63) is 64.4 Å². The summed E-state index contributed by atoms with van der Waals surface area (Å²) in [6.45, 7) is 2.69. The molecule has 0 saturated carbocycles. The van der Waals surface area contributed by atoms with Gasteiger partial charge in [-0.25, -0.2) is 9.97 Å². The molecule has 2 amide bonds. The Kier molecular flexibility index (Phi) is 11.1. The van der Waals surface area contributed by atoms with Crippen molar-refractivity contribution in [2.45, 2.75) is 24.5 Å². The van der Waals surface area contributed by atoms with Gasteiger partial charge in [0.1, 0.15) is 0 Å². The molecular weight excluding hydrogens is 585 g/mol. The van der Waals surface area contributed by atoms with Crippen LogP contribution in [-0.4, -0.2) is 77.7 Å². The van der Waals surface area contributed by atoms with Crippen molar-refractivity contribution in [3.8, 4) is 22.6 Å². The maximum absolute atomic E-state index is 13.2. The molecule has 9 nitrogen and oxygen atoms in total. The van der Waals surface area contributed by atoms with Gasteiger partial charge in [-0.3, -0.25) is 14.5 Å². The summed E-state index contributed by atoms with van der Waals surface area (Å²) in [5.41, 5.74) is 8.15. The van der Waals surface area contributed by atoms with Crippen LogP contribution in [0.1, 0.15) is 18.4 Å². The zero-order chi connectivity index (χ0) is 29.4. The standard InChI is InChI=1S/C29H33Cl2N5O4S/c1-39-24-9-8-20(11-25(24)40-2)22-12-33-29(34-13-22)41-18-27(38)36(17-26(32)37)15-19-5-4-10-35(14-19)16-21-6-3-7-23(30)28(21)31/h3,6-9,11-13,19H,4-5,10,14-18H2,1-2H3,(H2,32,37). The van der Waals surface area contributed by atoms with Crippen LogP contribution in [-0.2, 0) is 16.1 Å². The van der Waals surface area contributed by atoms with E-state index in [9.17, 15) is 9.59 Å². The quantitative estimate of drug-likeness (QED) is 0.228. The summed E-state index contributed by atoms with van der Waals surface area (Å²) in [7, 11) is 3.17. The fourth-order valence-electron chi connectivity index (χ4n) is 4.88. The normalized spacial score (nSPS) is 15.4. The van der Waals surface area contributed by atoms with Crippen molar-refractivity contribution in [2.24, 2.45) is 11.7 Å². The maximum atomic E-state index is 13.2. The molecule has 0 spiro atoms. The van der Waals surface area contributed by atoms with Gasteiger partial charge in [-0.1, -0.05) is 53.2 Å². The lowest BCUT2D eigenvalue weighted by atomic mass is 9.96. The summed E-state index contributed by atoms with van der Waals surface area (Å²) in [5, 5.41) is 1.56. The molecule has 2 N–H and O–H groups in total. The van der Waals surface area contributed by atoms with E-state index in [0.717, 1.165) is 42.6 Å². The van der Waals surface area contributed by atoms with Gasteiger partial charge >= 0.3 is 0 Å². The molecule has 12 heteroatoms. The van der Waals surface area contributed by atoms with E-state index in [0.29, 0.717) is 39.8 Å². The first kappa shape index (κ1) is 30.9. The molecule has 3 aromatic rings. The summed E-state index contributed by atoms with van der Waals surface area (Å²) in [6.07, 6.45) is 5.34. The predicted molar refractivity (Wildman–Crippen MR) is 162 cm³/mol. The predicted octanol–water partition coefficient (Wildman–Crippen LogP) is 4.79. The Labute approximate surface area is 254 Å². The van der Waals surface area contributed by atoms with Crippen molar-refractivity contribution < 1.29 is 19.1 Å². The number of amides is 2. The highest BCUT2D eigenvalue weighted by Crippen LogP contribution is 2.32. The van der Waals surface area contributed by atoms with Gasteiger partial charge < -0.3 is 20.1 Å². The lowest BCUT2D eigenvalue weighted by Crippen LogP contribution is -2.46. The number of methoxy groups -OCH3 is 2. The van der Waals surface area contributed by atoms with Gasteiger partial charge in [0.2, 0.25) is 11.8 Å². The average molecular weight is 619 g/mol. The molecule has 1 aliphatic rings. The SMILES string of the molecule is COc1ccc(-c2cnc(SCC(=O)N(CC(N)=O)CC3CCCN(Cc4cccc(Cl)c4Cl)C3)nc2)cc1OC. The monoisotopic (exact) mass is 617 g/mol. The molecule has 0 aliphatic carbocycles. The number of likely N-dealkylation sites (tertiary alicyclic amines) is 1. The summed E-state index contributed by atoms with van der Waals surface area (Å²) in [5.74, 6) is 0.811. The Balaban J connectivity index is 1.34. The van der Waals surface area contributed by atoms with Crippen LogP contribution in [0.3, 0.4) is 0 Å². The molecule has 2 heterocycles. The summed E-state index contributed by atoms with van der Waals surface area (Å²) in [4.78, 5) is 37.7. The number of carbonyl (C=O) groups is 2. The zero-order valence-corrected chi connectivity index (χ0v) is 25.3. The van der Waals surface area contributed by atoms with Gasteiger partial charge in [-0.05, 0) is 54.6 Å². The third-order valence-electron chi connectivity index (χ3n) is 6.88. The number of carbonyl (C=O) groups excluding carboxylic acids is 2. The molecule has 1 atom stereocenters. The second kappa shape index (κ2) is 14.7. The first-order chi connectivity index (χ1) is 19.8.